The molecule has 1 amide bonds. The molecular formula is C13H19F2NO. The van der Waals surface area contributed by atoms with E-state index in [2.05, 4.69) is 0 Å². The summed E-state index contributed by atoms with van der Waals surface area (Å²) in [5.74, 6) is -4.51. The molecule has 0 radical (unpaired) electrons. The summed E-state index contributed by atoms with van der Waals surface area (Å²) in [5.41, 5.74) is 0.0833. The topological polar surface area (TPSA) is 20.3 Å². The molecule has 1 aliphatic rings. The van der Waals surface area contributed by atoms with E-state index >= 15 is 0 Å². The predicted molar refractivity (Wildman–Crippen MR) is 66.4 cm³/mol. The molecule has 0 aliphatic carbocycles. The van der Waals surface area contributed by atoms with Crippen LogP contribution in [0.2, 0.25) is 0 Å². The number of likely N-dealkylation sites (N-methyl/N-ethyl adjacent to an activating group) is 1. The quantitative estimate of drug-likeness (QED) is 0.678. The molecule has 0 N–H and O–H groups in total. The van der Waals surface area contributed by atoms with Gasteiger partial charge in [-0.15, -0.1) is 0 Å². The third-order valence-electron chi connectivity index (χ3n) is 2.18. The highest BCUT2D eigenvalue weighted by molar-refractivity contribution is 6.05. The number of hydrogen-bond acceptors (Lipinski definition) is 1. The SMILES string of the molecule is CC.CC.CN1C(=O)C(F)(F)c2ccccc21. The van der Waals surface area contributed by atoms with Crippen molar-refractivity contribution in [3.63, 3.8) is 0 Å². The first kappa shape index (κ1) is 15.6. The molecule has 0 unspecified atom stereocenters. The maximum absolute atomic E-state index is 13.2. The molecule has 96 valence electrons. The molecule has 0 saturated heterocycles. The maximum atomic E-state index is 13.2. The molecule has 4 heteroatoms. The summed E-state index contributed by atoms with van der Waals surface area (Å²) in [6.07, 6.45) is 0. The van der Waals surface area contributed by atoms with Crippen LogP contribution in [0, 0.1) is 0 Å². The minimum absolute atomic E-state index is 0.206. The molecule has 1 aliphatic heterocycles. The van der Waals surface area contributed by atoms with Crippen molar-refractivity contribution in [2.24, 2.45) is 0 Å². The van der Waals surface area contributed by atoms with Crippen LogP contribution in [0.3, 0.4) is 0 Å². The molecule has 2 rings (SSSR count). The number of amides is 1. The highest BCUT2D eigenvalue weighted by Crippen LogP contribution is 2.42. The molecule has 0 spiro atoms. The maximum Gasteiger partial charge on any atom is 0.352 e. The molecule has 0 atom stereocenters. The average molecular weight is 243 g/mol. The van der Waals surface area contributed by atoms with E-state index in [1.54, 1.807) is 6.07 Å². The molecule has 1 aromatic carbocycles. The smallest absolute Gasteiger partial charge is 0.309 e. The number of anilines is 1. The Morgan fingerprint density at radius 1 is 1.06 bits per heavy atom. The molecule has 1 heterocycles. The van der Waals surface area contributed by atoms with Gasteiger partial charge < -0.3 is 4.90 Å². The Balaban J connectivity index is 0.000000581. The summed E-state index contributed by atoms with van der Waals surface area (Å²) in [6, 6.07) is 5.91. The Kier molecular flexibility index (Phi) is 5.79. The summed E-state index contributed by atoms with van der Waals surface area (Å²) < 4.78 is 26.4. The lowest BCUT2D eigenvalue weighted by Crippen LogP contribution is -2.31. The van der Waals surface area contributed by atoms with Crippen molar-refractivity contribution in [2.75, 3.05) is 11.9 Å². The van der Waals surface area contributed by atoms with E-state index in [4.69, 9.17) is 0 Å². The number of fused-ring (bicyclic) bond motifs is 1. The number of para-hydroxylation sites is 1. The second-order valence-corrected chi connectivity index (χ2v) is 2.96. The highest BCUT2D eigenvalue weighted by atomic mass is 19.3. The number of carbonyl (C=O) groups is 1. The van der Waals surface area contributed by atoms with Gasteiger partial charge in [-0.1, -0.05) is 45.9 Å². The zero-order valence-corrected chi connectivity index (χ0v) is 10.9. The second kappa shape index (κ2) is 6.33. The Bertz CT molecular complexity index is 377. The van der Waals surface area contributed by atoms with Gasteiger partial charge in [-0.3, -0.25) is 4.79 Å². The van der Waals surface area contributed by atoms with Gasteiger partial charge in [0, 0.05) is 7.05 Å². The van der Waals surface area contributed by atoms with Crippen molar-refractivity contribution in [1.29, 1.82) is 0 Å². The van der Waals surface area contributed by atoms with Gasteiger partial charge in [0.05, 0.1) is 11.3 Å². The Morgan fingerprint density at radius 3 is 2.00 bits per heavy atom. The van der Waals surface area contributed by atoms with Gasteiger partial charge in [-0.2, -0.15) is 8.78 Å². The monoisotopic (exact) mass is 243 g/mol. The van der Waals surface area contributed by atoms with Crippen LogP contribution in [0.25, 0.3) is 0 Å². The number of benzene rings is 1. The van der Waals surface area contributed by atoms with E-state index in [-0.39, 0.29) is 11.3 Å². The van der Waals surface area contributed by atoms with Crippen LogP contribution in [0.4, 0.5) is 14.5 Å². The normalized spacial score (nSPS) is 15.2. The van der Waals surface area contributed by atoms with Crippen LogP contribution in [-0.4, -0.2) is 13.0 Å². The van der Waals surface area contributed by atoms with Crippen LogP contribution in [0.15, 0.2) is 24.3 Å². The molecule has 0 bridgehead atoms. The van der Waals surface area contributed by atoms with Gasteiger partial charge in [0.1, 0.15) is 0 Å². The Labute approximate surface area is 101 Å². The minimum atomic E-state index is -3.36. The number of hydrogen-bond donors (Lipinski definition) is 0. The molecular weight excluding hydrogens is 224 g/mol. The second-order valence-electron chi connectivity index (χ2n) is 2.96. The van der Waals surface area contributed by atoms with Crippen LogP contribution >= 0.6 is 0 Å². The molecule has 0 fully saturated rings. The van der Waals surface area contributed by atoms with E-state index < -0.39 is 11.8 Å². The fourth-order valence-corrected chi connectivity index (χ4v) is 1.47. The fourth-order valence-electron chi connectivity index (χ4n) is 1.47. The zero-order valence-electron chi connectivity index (χ0n) is 10.9. The zero-order chi connectivity index (χ0) is 13.6. The van der Waals surface area contributed by atoms with E-state index in [1.165, 1.54) is 25.2 Å². The first-order valence-electron chi connectivity index (χ1n) is 5.80. The van der Waals surface area contributed by atoms with Crippen molar-refractivity contribution in [1.82, 2.24) is 0 Å². The number of nitrogens with zero attached hydrogens (tertiary/aromatic N) is 1. The first-order chi connectivity index (χ1) is 8.05. The van der Waals surface area contributed by atoms with E-state index in [0.717, 1.165) is 4.90 Å². The summed E-state index contributed by atoms with van der Waals surface area (Å²) in [7, 11) is 1.35. The Morgan fingerprint density at radius 2 is 1.53 bits per heavy atom. The van der Waals surface area contributed by atoms with Crippen LogP contribution < -0.4 is 4.90 Å². The van der Waals surface area contributed by atoms with Gasteiger partial charge in [0.15, 0.2) is 0 Å². The lowest BCUT2D eigenvalue weighted by molar-refractivity contribution is -0.141. The fraction of sp³-hybridized carbons (Fsp3) is 0.462. The van der Waals surface area contributed by atoms with Crippen LogP contribution in [0.5, 0.6) is 0 Å². The lowest BCUT2D eigenvalue weighted by atomic mass is 10.1. The molecule has 2 nitrogen and oxygen atoms in total. The summed E-state index contributed by atoms with van der Waals surface area (Å²) in [4.78, 5) is 12.0. The molecule has 1 aromatic rings. The average Bonchev–Trinajstić information content (AvgIpc) is 2.57. The highest BCUT2D eigenvalue weighted by Gasteiger charge is 2.51. The van der Waals surface area contributed by atoms with Crippen molar-refractivity contribution in [2.45, 2.75) is 33.6 Å². The van der Waals surface area contributed by atoms with E-state index in [1.807, 2.05) is 27.7 Å². The third-order valence-corrected chi connectivity index (χ3v) is 2.18. The summed E-state index contributed by atoms with van der Waals surface area (Å²) in [5, 5.41) is 0. The largest absolute Gasteiger partial charge is 0.352 e. The number of rotatable bonds is 0. The van der Waals surface area contributed by atoms with Crippen molar-refractivity contribution >= 4 is 11.6 Å². The number of halogens is 2. The van der Waals surface area contributed by atoms with Gasteiger partial charge in [-0.25, -0.2) is 0 Å². The molecule has 17 heavy (non-hydrogen) atoms. The molecule has 0 saturated carbocycles. The Hall–Kier alpha value is -1.45. The van der Waals surface area contributed by atoms with Crippen molar-refractivity contribution < 1.29 is 13.6 Å². The van der Waals surface area contributed by atoms with Gasteiger partial charge in [-0.05, 0) is 6.07 Å². The summed E-state index contributed by atoms with van der Waals surface area (Å²) >= 11 is 0. The van der Waals surface area contributed by atoms with Crippen LogP contribution in [-0.2, 0) is 10.7 Å². The van der Waals surface area contributed by atoms with E-state index in [9.17, 15) is 13.6 Å². The molecule has 0 aromatic heterocycles. The lowest BCUT2D eigenvalue weighted by Gasteiger charge is -2.08. The first-order valence-corrected chi connectivity index (χ1v) is 5.80. The van der Waals surface area contributed by atoms with Gasteiger partial charge >= 0.3 is 11.8 Å². The third kappa shape index (κ3) is 2.62. The van der Waals surface area contributed by atoms with Crippen molar-refractivity contribution in [3.05, 3.63) is 29.8 Å². The number of alkyl halides is 2. The van der Waals surface area contributed by atoms with E-state index in [0.29, 0.717) is 0 Å². The summed E-state index contributed by atoms with van der Waals surface area (Å²) in [6.45, 7) is 8.00. The predicted octanol–water partition coefficient (Wildman–Crippen LogP) is 3.81. The minimum Gasteiger partial charge on any atom is -0.309 e. The van der Waals surface area contributed by atoms with Crippen LogP contribution in [0.1, 0.15) is 33.3 Å². The standard InChI is InChI=1S/C9H7F2NO.2C2H6/c1-12-7-5-3-2-4-6(7)9(10,11)8(12)13;2*1-2/h2-5H,1H3;2*1-2H3. The van der Waals surface area contributed by atoms with Gasteiger partial charge in [0.2, 0.25) is 0 Å². The van der Waals surface area contributed by atoms with Gasteiger partial charge in [0.25, 0.3) is 0 Å². The van der Waals surface area contributed by atoms with Crippen molar-refractivity contribution in [3.8, 4) is 0 Å². The number of carbonyl (C=O) groups excluding carboxylic acids is 1.